The van der Waals surface area contributed by atoms with Crippen LogP contribution in [0.15, 0.2) is 60.7 Å². The molecule has 138 valence electrons. The van der Waals surface area contributed by atoms with Gasteiger partial charge in [-0.2, -0.15) is 0 Å². The average Bonchev–Trinajstić information content (AvgIpc) is 2.63. The van der Waals surface area contributed by atoms with Gasteiger partial charge in [0.1, 0.15) is 5.18 Å². The van der Waals surface area contributed by atoms with Gasteiger partial charge < -0.3 is 4.74 Å². The Morgan fingerprint density at radius 2 is 1.50 bits per heavy atom. The Labute approximate surface area is 163 Å². The molecule has 1 heterocycles. The predicted octanol–water partition coefficient (Wildman–Crippen LogP) is 5.75. The summed E-state index contributed by atoms with van der Waals surface area (Å²) in [4.78, 5) is 0. The molecule has 0 bridgehead atoms. The van der Waals surface area contributed by atoms with Crippen LogP contribution in [-0.4, -0.2) is 16.0 Å². The lowest BCUT2D eigenvalue weighted by Crippen LogP contribution is -2.49. The summed E-state index contributed by atoms with van der Waals surface area (Å²) in [5, 5.41) is 3.07. The number of thioether (sulfide) groups is 1. The van der Waals surface area contributed by atoms with E-state index in [1.807, 2.05) is 0 Å². The van der Waals surface area contributed by atoms with Crippen molar-refractivity contribution in [2.75, 3.05) is 0 Å². The average molecular weight is 385 g/mol. The minimum Gasteiger partial charge on any atom is -0.359 e. The lowest BCUT2D eigenvalue weighted by molar-refractivity contribution is -0.0340. The second-order valence-corrected chi connectivity index (χ2v) is 12.6. The molecule has 0 aromatic heterocycles. The standard InChI is InChI=1S/C23H29OPS/c1-17-14-15-20-21(16-17)24-22(26-23(20,2)3)25(18-10-6-4-7-11-18)19-12-8-5-9-13-19/h4-13,17,20-22H,14-16H2,1-3H3/t17-,20-,21-,22+/m1/s1. The van der Waals surface area contributed by atoms with E-state index in [1.165, 1.54) is 29.9 Å². The normalized spacial score (nSPS) is 30.8. The quantitative estimate of drug-likeness (QED) is 0.623. The Kier molecular flexibility index (Phi) is 5.46. The van der Waals surface area contributed by atoms with Gasteiger partial charge in [-0.25, -0.2) is 0 Å². The van der Waals surface area contributed by atoms with Gasteiger partial charge in [-0.05, 0) is 43.2 Å². The van der Waals surface area contributed by atoms with Crippen molar-refractivity contribution in [3.05, 3.63) is 60.7 Å². The number of hydrogen-bond acceptors (Lipinski definition) is 2. The summed E-state index contributed by atoms with van der Waals surface area (Å²) in [6.45, 7) is 7.29. The number of hydrogen-bond donors (Lipinski definition) is 0. The van der Waals surface area contributed by atoms with Crippen LogP contribution in [0.1, 0.15) is 40.0 Å². The van der Waals surface area contributed by atoms with Gasteiger partial charge in [0.15, 0.2) is 0 Å². The molecule has 0 radical (unpaired) electrons. The zero-order valence-electron chi connectivity index (χ0n) is 16.0. The molecule has 2 aromatic carbocycles. The van der Waals surface area contributed by atoms with E-state index in [-0.39, 0.29) is 9.92 Å². The number of ether oxygens (including phenoxy) is 1. The maximum absolute atomic E-state index is 6.86. The van der Waals surface area contributed by atoms with Gasteiger partial charge in [-0.3, -0.25) is 0 Å². The Balaban J connectivity index is 1.70. The Morgan fingerprint density at radius 3 is 2.08 bits per heavy atom. The van der Waals surface area contributed by atoms with Crippen LogP contribution >= 0.6 is 19.7 Å². The van der Waals surface area contributed by atoms with Crippen LogP contribution in [0.2, 0.25) is 0 Å². The van der Waals surface area contributed by atoms with Gasteiger partial charge in [-0.15, -0.1) is 11.8 Å². The fraction of sp³-hybridized carbons (Fsp3) is 0.478. The summed E-state index contributed by atoms with van der Waals surface area (Å²) in [6.07, 6.45) is 4.30. The monoisotopic (exact) mass is 384 g/mol. The molecule has 4 rings (SSSR count). The number of fused-ring (bicyclic) bond motifs is 1. The van der Waals surface area contributed by atoms with Crippen LogP contribution in [0, 0.1) is 11.8 Å². The molecule has 1 aliphatic heterocycles. The van der Waals surface area contributed by atoms with Gasteiger partial charge in [0, 0.05) is 4.75 Å². The summed E-state index contributed by atoms with van der Waals surface area (Å²) in [5.41, 5.74) is 0. The molecular weight excluding hydrogens is 355 g/mol. The predicted molar refractivity (Wildman–Crippen MR) is 116 cm³/mol. The molecule has 0 amide bonds. The third-order valence-electron chi connectivity index (χ3n) is 5.92. The van der Waals surface area contributed by atoms with Gasteiger partial charge in [0.25, 0.3) is 0 Å². The Morgan fingerprint density at radius 1 is 0.923 bits per heavy atom. The molecule has 26 heavy (non-hydrogen) atoms. The van der Waals surface area contributed by atoms with Crippen molar-refractivity contribution in [1.29, 1.82) is 0 Å². The SMILES string of the molecule is C[C@@H]1CC[C@@H]2[C@@H](C1)O[C@@H](P(c1ccccc1)c1ccccc1)SC2(C)C. The topological polar surface area (TPSA) is 9.23 Å². The Hall–Kier alpha value is -0.820. The van der Waals surface area contributed by atoms with Crippen molar-refractivity contribution < 1.29 is 4.74 Å². The van der Waals surface area contributed by atoms with E-state index in [4.69, 9.17) is 4.74 Å². The van der Waals surface area contributed by atoms with Crippen molar-refractivity contribution in [3.63, 3.8) is 0 Å². The second-order valence-electron chi connectivity index (χ2n) is 8.27. The first-order valence-corrected chi connectivity index (χ1v) is 12.1. The molecule has 1 saturated carbocycles. The first-order chi connectivity index (χ1) is 12.5. The van der Waals surface area contributed by atoms with E-state index in [0.29, 0.717) is 12.0 Å². The van der Waals surface area contributed by atoms with E-state index < -0.39 is 7.92 Å². The van der Waals surface area contributed by atoms with E-state index >= 15 is 0 Å². The summed E-state index contributed by atoms with van der Waals surface area (Å²) < 4.78 is 7.13. The van der Waals surface area contributed by atoms with Gasteiger partial charge >= 0.3 is 0 Å². The molecule has 0 unspecified atom stereocenters. The van der Waals surface area contributed by atoms with Crippen LogP contribution in [0.4, 0.5) is 0 Å². The zero-order chi connectivity index (χ0) is 18.1. The fourth-order valence-electron chi connectivity index (χ4n) is 4.48. The largest absolute Gasteiger partial charge is 0.359 e. The van der Waals surface area contributed by atoms with Gasteiger partial charge in [0.2, 0.25) is 0 Å². The van der Waals surface area contributed by atoms with Crippen molar-refractivity contribution in [2.45, 2.75) is 56.1 Å². The van der Waals surface area contributed by atoms with E-state index in [2.05, 4.69) is 93.2 Å². The van der Waals surface area contributed by atoms with Gasteiger partial charge in [-0.1, -0.05) is 87.9 Å². The van der Waals surface area contributed by atoms with Crippen LogP contribution in [0.3, 0.4) is 0 Å². The molecule has 3 heteroatoms. The van der Waals surface area contributed by atoms with Crippen molar-refractivity contribution >= 4 is 30.3 Å². The van der Waals surface area contributed by atoms with E-state index in [9.17, 15) is 0 Å². The second kappa shape index (κ2) is 7.66. The first kappa shape index (κ1) is 18.5. The molecule has 4 atom stereocenters. The summed E-state index contributed by atoms with van der Waals surface area (Å²) in [7, 11) is -0.533. The van der Waals surface area contributed by atoms with Crippen LogP contribution in [-0.2, 0) is 4.74 Å². The third-order valence-corrected chi connectivity index (χ3v) is 10.3. The maximum Gasteiger partial charge on any atom is 0.130 e. The lowest BCUT2D eigenvalue weighted by Gasteiger charge is -2.51. The van der Waals surface area contributed by atoms with E-state index in [1.54, 1.807) is 0 Å². The number of rotatable bonds is 3. The van der Waals surface area contributed by atoms with Gasteiger partial charge in [0.05, 0.1) is 6.10 Å². The van der Waals surface area contributed by atoms with Crippen molar-refractivity contribution in [1.82, 2.24) is 0 Å². The fourth-order valence-corrected chi connectivity index (χ4v) is 9.66. The highest BCUT2D eigenvalue weighted by Gasteiger charge is 2.48. The molecule has 1 nitrogen and oxygen atoms in total. The Bertz CT molecular complexity index is 678. The molecule has 0 spiro atoms. The minimum absolute atomic E-state index is 0.233. The van der Waals surface area contributed by atoms with Crippen LogP contribution in [0.25, 0.3) is 0 Å². The smallest absolute Gasteiger partial charge is 0.130 e. The molecule has 0 N–H and O–H groups in total. The maximum atomic E-state index is 6.86. The van der Waals surface area contributed by atoms with Crippen LogP contribution in [0.5, 0.6) is 0 Å². The summed E-state index contributed by atoms with van der Waals surface area (Å²) in [5.74, 6) is 1.47. The first-order valence-electron chi connectivity index (χ1n) is 9.77. The lowest BCUT2D eigenvalue weighted by atomic mass is 9.75. The molecule has 1 saturated heterocycles. The van der Waals surface area contributed by atoms with E-state index in [0.717, 1.165) is 5.92 Å². The third kappa shape index (κ3) is 3.75. The molecular formula is C23H29OPS. The molecule has 2 fully saturated rings. The summed E-state index contributed by atoms with van der Waals surface area (Å²) in [6, 6.07) is 22.0. The highest BCUT2D eigenvalue weighted by molar-refractivity contribution is 8.08. The zero-order valence-corrected chi connectivity index (χ0v) is 17.7. The highest BCUT2D eigenvalue weighted by Crippen LogP contribution is 2.58. The number of benzene rings is 2. The highest BCUT2D eigenvalue weighted by atomic mass is 32.2. The molecule has 2 aliphatic rings. The summed E-state index contributed by atoms with van der Waals surface area (Å²) >= 11 is 2.08. The minimum atomic E-state index is -0.533. The molecule has 2 aromatic rings. The van der Waals surface area contributed by atoms with Crippen molar-refractivity contribution in [3.8, 4) is 0 Å². The molecule has 1 aliphatic carbocycles. The van der Waals surface area contributed by atoms with Crippen LogP contribution < -0.4 is 10.6 Å². The van der Waals surface area contributed by atoms with Crippen molar-refractivity contribution in [2.24, 2.45) is 11.8 Å².